The van der Waals surface area contributed by atoms with Gasteiger partial charge in [0.2, 0.25) is 0 Å². The number of anilines is 1. The molecule has 0 unspecified atom stereocenters. The average molecular weight is 370 g/mol. The van der Waals surface area contributed by atoms with E-state index >= 15 is 0 Å². The van der Waals surface area contributed by atoms with Crippen LogP contribution in [0, 0.1) is 0 Å². The first-order chi connectivity index (χ1) is 10.8. The fourth-order valence-corrected chi connectivity index (χ4v) is 2.66. The van der Waals surface area contributed by atoms with Crippen LogP contribution in [0.1, 0.15) is 6.23 Å². The Morgan fingerprint density at radius 1 is 1.29 bits per heavy atom. The average Bonchev–Trinajstić information content (AvgIpc) is 3.01. The fourth-order valence-electron chi connectivity index (χ4n) is 2.32. The Morgan fingerprint density at radius 2 is 2.00 bits per heavy atom. The molecule has 1 fully saturated rings. The summed E-state index contributed by atoms with van der Waals surface area (Å²) in [5.41, 5.74) is 6.25. The van der Waals surface area contributed by atoms with E-state index in [2.05, 4.69) is 19.5 Å². The van der Waals surface area contributed by atoms with E-state index < -0.39 is 39.0 Å². The number of phosphoric acid groups is 1. The monoisotopic (exact) mass is 370 g/mol. The van der Waals surface area contributed by atoms with Crippen LogP contribution < -0.4 is 5.73 Å². The van der Waals surface area contributed by atoms with Gasteiger partial charge in [0.15, 0.2) is 17.7 Å². The van der Waals surface area contributed by atoms with Crippen LogP contribution in [0.4, 0.5) is 5.82 Å². The Hall–Kier alpha value is -0.660. The number of hydrogen-bond donors (Lipinski definition) is 5. The molecule has 1 radical (unpaired) electrons. The number of aliphatic hydroxyl groups excluding tert-OH is 2. The molecule has 2 aromatic heterocycles. The van der Waals surface area contributed by atoms with Crippen molar-refractivity contribution in [2.45, 2.75) is 24.5 Å². The number of hydrogen-bond acceptors (Lipinski definition) is 9. The summed E-state index contributed by atoms with van der Waals surface area (Å²) in [6.07, 6.45) is -2.49. The first kappa shape index (κ1) is 19.7. The van der Waals surface area contributed by atoms with E-state index in [1.54, 1.807) is 0 Å². The zero-order valence-electron chi connectivity index (χ0n) is 12.5. The molecule has 4 atom stereocenters. The van der Waals surface area contributed by atoms with Gasteiger partial charge in [-0.05, 0) is 0 Å². The van der Waals surface area contributed by atoms with Crippen molar-refractivity contribution in [3.05, 3.63) is 12.7 Å². The molecule has 127 valence electrons. The maximum Gasteiger partial charge on any atom is 0.469 e. The molecule has 1 saturated heterocycles. The van der Waals surface area contributed by atoms with E-state index in [4.69, 9.17) is 20.3 Å². The van der Waals surface area contributed by atoms with Gasteiger partial charge in [-0.3, -0.25) is 9.09 Å². The minimum atomic E-state index is -4.72. The predicted octanol–water partition coefficient (Wildman–Crippen LogP) is -2.24. The molecular formula is C10H14N5NaO7P. The standard InChI is InChI=1S/C10H14N5O7P.Na/c11-8-5-9(13-2-12-8)15(3-14-5)10-7(17)6(16)4(22-10)1-21-23(18,19)20;/h2-4,6-7,10,16-17H,1H2,(H2,11,12,13)(H2,18,19,20);/t4-,6-,7-,10-;/m1./s1. The molecule has 1 aliphatic rings. The molecule has 0 bridgehead atoms. The minimum absolute atomic E-state index is 0. The Morgan fingerprint density at radius 3 is 2.67 bits per heavy atom. The summed E-state index contributed by atoms with van der Waals surface area (Å²) in [4.78, 5) is 29.2. The molecule has 0 aromatic carbocycles. The van der Waals surface area contributed by atoms with Gasteiger partial charge in [0.25, 0.3) is 0 Å². The maximum absolute atomic E-state index is 10.7. The van der Waals surface area contributed by atoms with Gasteiger partial charge in [0, 0.05) is 29.6 Å². The van der Waals surface area contributed by atoms with Crippen LogP contribution in [0.25, 0.3) is 11.2 Å². The van der Waals surface area contributed by atoms with Crippen LogP contribution >= 0.6 is 7.82 Å². The van der Waals surface area contributed by atoms with Crippen molar-refractivity contribution < 1.29 is 33.8 Å². The van der Waals surface area contributed by atoms with Crippen molar-refractivity contribution >= 4 is 54.4 Å². The molecule has 6 N–H and O–H groups in total. The molecule has 0 spiro atoms. The van der Waals surface area contributed by atoms with Crippen LogP contribution in [0.5, 0.6) is 0 Å². The second kappa shape index (κ2) is 7.30. The number of aliphatic hydroxyl groups is 2. The normalized spacial score (nSPS) is 27.3. The van der Waals surface area contributed by atoms with Crippen LogP contribution in [0.15, 0.2) is 12.7 Å². The first-order valence-corrected chi connectivity index (χ1v) is 7.95. The van der Waals surface area contributed by atoms with Crippen molar-refractivity contribution in [3.63, 3.8) is 0 Å². The molecule has 0 saturated carbocycles. The van der Waals surface area contributed by atoms with Gasteiger partial charge in [0.05, 0.1) is 12.9 Å². The van der Waals surface area contributed by atoms with Crippen LogP contribution in [-0.4, -0.2) is 94.0 Å². The summed E-state index contributed by atoms with van der Waals surface area (Å²) in [5, 5.41) is 20.1. The summed E-state index contributed by atoms with van der Waals surface area (Å²) in [6.45, 7) is -0.594. The van der Waals surface area contributed by atoms with Crippen molar-refractivity contribution in [1.29, 1.82) is 0 Å². The third-order valence-corrected chi connectivity index (χ3v) is 3.89. The molecule has 3 heterocycles. The van der Waals surface area contributed by atoms with Gasteiger partial charge in [0.1, 0.15) is 30.2 Å². The van der Waals surface area contributed by atoms with Gasteiger partial charge >= 0.3 is 7.82 Å². The second-order valence-electron chi connectivity index (χ2n) is 4.92. The molecule has 3 rings (SSSR count). The minimum Gasteiger partial charge on any atom is -0.387 e. The zero-order valence-corrected chi connectivity index (χ0v) is 15.4. The molecule has 24 heavy (non-hydrogen) atoms. The number of nitrogen functional groups attached to an aromatic ring is 1. The quantitative estimate of drug-likeness (QED) is 0.289. The van der Waals surface area contributed by atoms with E-state index in [0.717, 1.165) is 0 Å². The van der Waals surface area contributed by atoms with Crippen molar-refractivity contribution in [3.8, 4) is 0 Å². The third-order valence-electron chi connectivity index (χ3n) is 3.41. The first-order valence-electron chi connectivity index (χ1n) is 6.42. The Kier molecular flexibility index (Phi) is 5.98. The largest absolute Gasteiger partial charge is 0.469 e. The molecule has 14 heteroatoms. The molecule has 2 aromatic rings. The van der Waals surface area contributed by atoms with E-state index in [1.165, 1.54) is 17.2 Å². The van der Waals surface area contributed by atoms with E-state index in [0.29, 0.717) is 5.52 Å². The van der Waals surface area contributed by atoms with Gasteiger partial charge in [-0.2, -0.15) is 0 Å². The van der Waals surface area contributed by atoms with Crippen LogP contribution in [0.3, 0.4) is 0 Å². The summed E-state index contributed by atoms with van der Waals surface area (Å²) < 4.78 is 21.8. The Labute approximate surface area is 157 Å². The number of nitrogens with two attached hydrogens (primary N) is 1. The predicted molar refractivity (Wildman–Crippen MR) is 79.4 cm³/mol. The van der Waals surface area contributed by atoms with Gasteiger partial charge < -0.3 is 30.5 Å². The number of phosphoric ester groups is 1. The molecular weight excluding hydrogens is 356 g/mol. The van der Waals surface area contributed by atoms with Crippen LogP contribution in [0.2, 0.25) is 0 Å². The van der Waals surface area contributed by atoms with Crippen molar-refractivity contribution in [1.82, 2.24) is 19.5 Å². The zero-order chi connectivity index (χ0) is 16.8. The number of rotatable bonds is 4. The van der Waals surface area contributed by atoms with E-state index in [1.807, 2.05) is 0 Å². The number of fused-ring (bicyclic) bond motifs is 1. The van der Waals surface area contributed by atoms with Gasteiger partial charge in [-0.15, -0.1) is 0 Å². The molecule has 12 nitrogen and oxygen atoms in total. The van der Waals surface area contributed by atoms with Crippen molar-refractivity contribution in [2.75, 3.05) is 12.3 Å². The fraction of sp³-hybridized carbons (Fsp3) is 0.500. The smallest absolute Gasteiger partial charge is 0.387 e. The van der Waals surface area contributed by atoms with Crippen LogP contribution in [-0.2, 0) is 13.8 Å². The maximum atomic E-state index is 10.7. The van der Waals surface area contributed by atoms with E-state index in [9.17, 15) is 14.8 Å². The van der Waals surface area contributed by atoms with E-state index in [-0.39, 0.29) is 41.0 Å². The summed E-state index contributed by atoms with van der Waals surface area (Å²) in [7, 11) is -4.72. The summed E-state index contributed by atoms with van der Waals surface area (Å²) in [6, 6.07) is 0. The topological polar surface area (TPSA) is 186 Å². The van der Waals surface area contributed by atoms with Crippen molar-refractivity contribution in [2.24, 2.45) is 0 Å². The van der Waals surface area contributed by atoms with Gasteiger partial charge in [-0.25, -0.2) is 19.5 Å². The Balaban J connectivity index is 0.00000208. The molecule has 0 amide bonds. The van der Waals surface area contributed by atoms with Gasteiger partial charge in [-0.1, -0.05) is 0 Å². The SMILES string of the molecule is Nc1ncnc2c1ncn2[C@@H]1O[C@H](COP(=O)(O)O)[C@@H](O)[C@H]1O.[Na]. The third kappa shape index (κ3) is 3.78. The molecule has 0 aliphatic carbocycles. The number of nitrogens with zero attached hydrogens (tertiary/aromatic N) is 4. The number of aromatic nitrogens is 4. The number of ether oxygens (including phenoxy) is 1. The Bertz CT molecular complexity index is 769. The second-order valence-corrected chi connectivity index (χ2v) is 6.15. The summed E-state index contributed by atoms with van der Waals surface area (Å²) in [5.74, 6) is 0.142. The number of imidazole rings is 1. The molecule has 1 aliphatic heterocycles. The summed E-state index contributed by atoms with van der Waals surface area (Å²) >= 11 is 0.